The van der Waals surface area contributed by atoms with Crippen LogP contribution in [0.25, 0.3) is 0 Å². The Hall–Kier alpha value is -1.79. The predicted molar refractivity (Wildman–Crippen MR) is 44.5 cm³/mol. The summed E-state index contributed by atoms with van der Waals surface area (Å²) in [5.74, 6) is -0.998. The van der Waals surface area contributed by atoms with Crippen molar-refractivity contribution in [2.24, 2.45) is 10.2 Å². The average molecular weight is 184 g/mol. The fourth-order valence-corrected chi connectivity index (χ4v) is 0.911. The van der Waals surface area contributed by atoms with Gasteiger partial charge in [0.15, 0.2) is 5.84 Å². The lowest BCUT2D eigenvalue weighted by molar-refractivity contribution is -0.127. The van der Waals surface area contributed by atoms with Crippen LogP contribution in [0.1, 0.15) is 0 Å². The van der Waals surface area contributed by atoms with Crippen LogP contribution in [0, 0.1) is 10.3 Å². The van der Waals surface area contributed by atoms with Crippen LogP contribution in [0.15, 0.2) is 10.2 Å². The molecule has 7 heteroatoms. The van der Waals surface area contributed by atoms with Gasteiger partial charge < -0.3 is 4.74 Å². The largest absolute Gasteiger partial charge is 0.468 e. The third kappa shape index (κ3) is 1.40. The number of hydrogen-bond donors (Lipinski definition) is 1. The molecule has 0 spiro atoms. The number of rotatable bonds is 1. The van der Waals surface area contributed by atoms with Crippen molar-refractivity contribution in [1.82, 2.24) is 4.90 Å². The van der Waals surface area contributed by atoms with Gasteiger partial charge in [-0.3, -0.25) is 15.1 Å². The summed E-state index contributed by atoms with van der Waals surface area (Å²) in [4.78, 5) is 26.1. The van der Waals surface area contributed by atoms with Crippen molar-refractivity contribution in [3.63, 3.8) is 0 Å². The molecule has 1 heterocycles. The summed E-state index contributed by atoms with van der Waals surface area (Å²) in [7, 11) is 2.72. The third-order valence-electron chi connectivity index (χ3n) is 1.61. The summed E-state index contributed by atoms with van der Waals surface area (Å²) in [5, 5.41) is 9.69. The molecule has 0 aromatic carbocycles. The van der Waals surface area contributed by atoms with E-state index in [9.17, 15) is 9.70 Å². The first kappa shape index (κ1) is 9.30. The molecule has 1 aliphatic heterocycles. The monoisotopic (exact) mass is 184 g/mol. The topological polar surface area (TPSA) is 95.2 Å². The van der Waals surface area contributed by atoms with Crippen molar-refractivity contribution in [1.29, 1.82) is 5.41 Å². The van der Waals surface area contributed by atoms with E-state index < -0.39 is 17.8 Å². The number of carbonyl (C=O) groups excluding carboxylic acids is 1. The number of amidine groups is 2. The molecule has 0 fully saturated rings. The minimum Gasteiger partial charge on any atom is -0.468 e. The number of nitrogens with zero attached hydrogens (tertiary/aromatic N) is 3. The molecule has 0 radical (unpaired) electrons. The summed E-state index contributed by atoms with van der Waals surface area (Å²) < 4.78 is 4.71. The zero-order chi connectivity index (χ0) is 10.0. The number of likely N-dealkylation sites (N-methyl/N-ethyl adjacent to an activating group) is 1. The van der Waals surface area contributed by atoms with Gasteiger partial charge in [-0.15, -0.1) is 4.91 Å². The lowest BCUT2D eigenvalue weighted by Crippen LogP contribution is -2.47. The number of methoxy groups -OCH3 is 1. The second-order valence-corrected chi connectivity index (χ2v) is 2.39. The smallest absolute Gasteiger partial charge is 0.300 e. The Morgan fingerprint density at radius 1 is 1.69 bits per heavy atom. The molecule has 0 aromatic rings. The molecular weight excluding hydrogens is 176 g/mol. The van der Waals surface area contributed by atoms with E-state index in [1.54, 1.807) is 0 Å². The Bertz CT molecular complexity index is 298. The highest BCUT2D eigenvalue weighted by atomic mass is 16.5. The molecule has 1 N–H and O–H groups in total. The Labute approximate surface area is 73.9 Å². The molecule has 1 unspecified atom stereocenters. The van der Waals surface area contributed by atoms with Crippen molar-refractivity contribution in [2.45, 2.75) is 6.04 Å². The number of nitroso groups, excluding NO2 is 1. The fourth-order valence-electron chi connectivity index (χ4n) is 0.911. The van der Waals surface area contributed by atoms with E-state index in [-0.39, 0.29) is 6.02 Å². The van der Waals surface area contributed by atoms with Gasteiger partial charge in [0.1, 0.15) is 0 Å². The number of aliphatic imine (C=N–C) groups is 1. The zero-order valence-corrected chi connectivity index (χ0v) is 7.14. The maximum absolute atomic E-state index is 11.3. The van der Waals surface area contributed by atoms with Gasteiger partial charge in [0, 0.05) is 7.05 Å². The highest BCUT2D eigenvalue weighted by Crippen LogP contribution is 2.08. The Morgan fingerprint density at radius 2 is 2.31 bits per heavy atom. The number of hydrogen-bond acceptors (Lipinski definition) is 5. The standard InChI is InChI=1S/C6H8N4O3/c1-10-5(11)3(9-12)4(7)8-6(10)13-2/h3,7H,1-2H3. The van der Waals surface area contributed by atoms with Crippen molar-refractivity contribution >= 4 is 17.8 Å². The number of nitrogens with one attached hydrogen (secondary N) is 1. The molecule has 1 aliphatic rings. The average Bonchev–Trinajstić information content (AvgIpc) is 2.12. The van der Waals surface area contributed by atoms with Crippen LogP contribution in [0.3, 0.4) is 0 Å². The minimum absolute atomic E-state index is 0.00472. The van der Waals surface area contributed by atoms with E-state index >= 15 is 0 Å². The summed E-state index contributed by atoms with van der Waals surface area (Å²) in [6, 6.07) is -1.35. The fraction of sp³-hybridized carbons (Fsp3) is 0.500. The molecule has 0 bridgehead atoms. The van der Waals surface area contributed by atoms with Gasteiger partial charge in [-0.1, -0.05) is 0 Å². The molecule has 7 nitrogen and oxygen atoms in total. The van der Waals surface area contributed by atoms with E-state index in [1.165, 1.54) is 14.2 Å². The summed E-state index contributed by atoms with van der Waals surface area (Å²) in [6.07, 6.45) is 0. The molecule has 0 saturated heterocycles. The number of amides is 1. The van der Waals surface area contributed by atoms with E-state index in [0.717, 1.165) is 4.90 Å². The highest BCUT2D eigenvalue weighted by molar-refractivity contribution is 6.17. The SMILES string of the molecule is COC1=NC(=N)C(N=O)C(=O)N1C. The van der Waals surface area contributed by atoms with Crippen molar-refractivity contribution < 1.29 is 9.53 Å². The molecule has 1 amide bonds. The van der Waals surface area contributed by atoms with Crippen molar-refractivity contribution in [3.8, 4) is 0 Å². The molecule has 0 aromatic heterocycles. The van der Waals surface area contributed by atoms with E-state index in [1.807, 2.05) is 0 Å². The van der Waals surface area contributed by atoms with Gasteiger partial charge >= 0.3 is 0 Å². The van der Waals surface area contributed by atoms with Gasteiger partial charge in [-0.05, 0) is 5.18 Å². The molecule has 13 heavy (non-hydrogen) atoms. The maximum Gasteiger partial charge on any atom is 0.300 e. The number of ether oxygens (including phenoxy) is 1. The highest BCUT2D eigenvalue weighted by Gasteiger charge is 2.35. The second-order valence-electron chi connectivity index (χ2n) is 2.39. The minimum atomic E-state index is -1.34. The van der Waals surface area contributed by atoms with Crippen LogP contribution in [0.4, 0.5) is 0 Å². The lowest BCUT2D eigenvalue weighted by Gasteiger charge is -2.23. The van der Waals surface area contributed by atoms with Crippen LogP contribution in [0.2, 0.25) is 0 Å². The van der Waals surface area contributed by atoms with Crippen LogP contribution in [0.5, 0.6) is 0 Å². The van der Waals surface area contributed by atoms with Crippen molar-refractivity contribution in [2.75, 3.05) is 14.2 Å². The molecule has 0 saturated carbocycles. The van der Waals surface area contributed by atoms with E-state index in [0.29, 0.717) is 0 Å². The summed E-state index contributed by atoms with van der Waals surface area (Å²) in [6.45, 7) is 0. The van der Waals surface area contributed by atoms with Crippen LogP contribution >= 0.6 is 0 Å². The maximum atomic E-state index is 11.3. The zero-order valence-electron chi connectivity index (χ0n) is 7.14. The quantitative estimate of drug-likeness (QED) is 0.560. The number of carbonyl (C=O) groups is 1. The lowest BCUT2D eigenvalue weighted by atomic mass is 10.2. The normalized spacial score (nSPS) is 22.8. The Balaban J connectivity index is 3.05. The predicted octanol–water partition coefficient (Wildman–Crippen LogP) is -0.427. The molecule has 1 atom stereocenters. The van der Waals surface area contributed by atoms with Gasteiger partial charge in [0.2, 0.25) is 6.04 Å². The first-order valence-corrected chi connectivity index (χ1v) is 3.43. The van der Waals surface area contributed by atoms with Crippen LogP contribution in [-0.4, -0.2) is 42.9 Å². The third-order valence-corrected chi connectivity index (χ3v) is 1.61. The molecular formula is C6H8N4O3. The van der Waals surface area contributed by atoms with Crippen molar-refractivity contribution in [3.05, 3.63) is 4.91 Å². The van der Waals surface area contributed by atoms with E-state index in [4.69, 9.17) is 10.1 Å². The van der Waals surface area contributed by atoms with Gasteiger partial charge in [-0.25, -0.2) is 0 Å². The van der Waals surface area contributed by atoms with E-state index in [2.05, 4.69) is 10.2 Å². The second kappa shape index (κ2) is 3.30. The van der Waals surface area contributed by atoms with Crippen LogP contribution in [-0.2, 0) is 9.53 Å². The van der Waals surface area contributed by atoms with Gasteiger partial charge in [0.25, 0.3) is 11.9 Å². The molecule has 1 rings (SSSR count). The van der Waals surface area contributed by atoms with Gasteiger partial charge in [-0.2, -0.15) is 4.99 Å². The molecule has 70 valence electrons. The Kier molecular flexibility index (Phi) is 2.36. The summed E-state index contributed by atoms with van der Waals surface area (Å²) >= 11 is 0. The first-order chi connectivity index (χ1) is 6.11. The molecule has 0 aliphatic carbocycles. The summed E-state index contributed by atoms with van der Waals surface area (Å²) in [5.41, 5.74) is 0. The first-order valence-electron chi connectivity index (χ1n) is 3.43. The Morgan fingerprint density at radius 3 is 2.77 bits per heavy atom. The van der Waals surface area contributed by atoms with Crippen LogP contribution < -0.4 is 0 Å². The van der Waals surface area contributed by atoms with Gasteiger partial charge in [0.05, 0.1) is 7.11 Å².